The Hall–Kier alpha value is -4.01. The fourth-order valence-electron chi connectivity index (χ4n) is 5.99. The number of ketones is 2. The number of hydrogen-bond acceptors (Lipinski definition) is 8. The van der Waals surface area contributed by atoms with Crippen molar-refractivity contribution < 1.29 is 38.6 Å². The van der Waals surface area contributed by atoms with E-state index in [0.29, 0.717) is 21.8 Å². The fourth-order valence-corrected chi connectivity index (χ4v) is 5.99. The second-order valence-electron chi connectivity index (χ2n) is 9.10. The summed E-state index contributed by atoms with van der Waals surface area (Å²) in [6.07, 6.45) is 2.27. The molecule has 0 saturated carbocycles. The number of aromatic hydroxyl groups is 1. The average molecular weight is 477 g/mol. The van der Waals surface area contributed by atoms with Crippen LogP contribution in [0.25, 0.3) is 0 Å². The van der Waals surface area contributed by atoms with E-state index in [1.54, 1.807) is 25.1 Å². The van der Waals surface area contributed by atoms with Gasteiger partial charge in [0, 0.05) is 28.2 Å². The number of Topliss-reactive ketones (excluding diaryl/α,β-unsaturated/α-hetero) is 1. The molecule has 0 bridgehead atoms. The molecular weight excluding hydrogens is 454 g/mol. The standard InChI is InChI=1S/C26H23NO8/c1-11-9-17(29)20-15(23(11)30)10-14-12(21(20)22-16(28)5-4-6-18(22)34-2)7-8-13-19(14)25(32)27(24(13)31)26(33)35-3/h4-7,9,13-14,19,21,28H,8,10H2,1-3H3. The molecule has 0 spiro atoms. The number of rotatable bonds is 2. The summed E-state index contributed by atoms with van der Waals surface area (Å²) in [5.74, 6) is -4.95. The summed E-state index contributed by atoms with van der Waals surface area (Å²) < 4.78 is 10.1. The minimum atomic E-state index is -1.05. The third kappa shape index (κ3) is 3.10. The van der Waals surface area contributed by atoms with Gasteiger partial charge in [-0.05, 0) is 43.9 Å². The van der Waals surface area contributed by atoms with Crippen LogP contribution in [0.3, 0.4) is 0 Å². The fraction of sp³-hybridized carbons (Fsp3) is 0.346. The van der Waals surface area contributed by atoms with Gasteiger partial charge in [0.2, 0.25) is 11.8 Å². The second kappa shape index (κ2) is 8.04. The molecule has 1 heterocycles. The molecule has 9 nitrogen and oxygen atoms in total. The van der Waals surface area contributed by atoms with Gasteiger partial charge < -0.3 is 14.6 Å². The van der Waals surface area contributed by atoms with E-state index in [1.807, 2.05) is 0 Å². The van der Waals surface area contributed by atoms with E-state index in [1.165, 1.54) is 19.3 Å². The lowest BCUT2D eigenvalue weighted by molar-refractivity contribution is -0.137. The molecule has 9 heteroatoms. The first-order valence-electron chi connectivity index (χ1n) is 11.2. The van der Waals surface area contributed by atoms with E-state index < -0.39 is 41.6 Å². The molecule has 4 aliphatic rings. The normalized spacial score (nSPS) is 27.7. The summed E-state index contributed by atoms with van der Waals surface area (Å²) >= 11 is 0. The van der Waals surface area contributed by atoms with Gasteiger partial charge in [0.15, 0.2) is 11.6 Å². The van der Waals surface area contributed by atoms with Gasteiger partial charge in [-0.2, -0.15) is 4.90 Å². The summed E-state index contributed by atoms with van der Waals surface area (Å²) in [6, 6.07) is 4.71. The molecule has 1 aromatic carbocycles. The summed E-state index contributed by atoms with van der Waals surface area (Å²) in [5, 5.41) is 10.9. The monoisotopic (exact) mass is 477 g/mol. The van der Waals surface area contributed by atoms with Crippen LogP contribution in [-0.2, 0) is 23.9 Å². The predicted molar refractivity (Wildman–Crippen MR) is 120 cm³/mol. The number of carbonyl (C=O) groups is 5. The Bertz CT molecular complexity index is 1320. The first-order chi connectivity index (χ1) is 16.7. The van der Waals surface area contributed by atoms with Crippen molar-refractivity contribution in [2.75, 3.05) is 14.2 Å². The summed E-state index contributed by atoms with van der Waals surface area (Å²) in [4.78, 5) is 65.5. The molecule has 1 fully saturated rings. The minimum absolute atomic E-state index is 0.0680. The highest BCUT2D eigenvalue weighted by molar-refractivity contribution is 6.24. The molecule has 3 amide bonds. The van der Waals surface area contributed by atoms with Gasteiger partial charge in [-0.3, -0.25) is 19.2 Å². The van der Waals surface area contributed by atoms with Gasteiger partial charge in [-0.1, -0.05) is 17.7 Å². The zero-order valence-electron chi connectivity index (χ0n) is 19.4. The van der Waals surface area contributed by atoms with Crippen molar-refractivity contribution in [1.29, 1.82) is 0 Å². The van der Waals surface area contributed by atoms with E-state index in [0.717, 1.165) is 7.11 Å². The Kier molecular flexibility index (Phi) is 5.23. The average Bonchev–Trinajstić information content (AvgIpc) is 3.10. The van der Waals surface area contributed by atoms with Crippen LogP contribution in [0.5, 0.6) is 11.5 Å². The third-order valence-corrected chi connectivity index (χ3v) is 7.47. The maximum Gasteiger partial charge on any atom is 0.423 e. The molecule has 4 atom stereocenters. The molecule has 1 aliphatic heterocycles. The molecule has 5 rings (SSSR count). The van der Waals surface area contributed by atoms with Gasteiger partial charge in [0.05, 0.1) is 26.1 Å². The maximum atomic E-state index is 13.3. The quantitative estimate of drug-likeness (QED) is 0.391. The van der Waals surface area contributed by atoms with Crippen molar-refractivity contribution in [2.24, 2.45) is 17.8 Å². The van der Waals surface area contributed by atoms with Gasteiger partial charge in [-0.15, -0.1) is 0 Å². The number of likely N-dealkylation sites (tertiary alicyclic amines) is 1. The molecular formula is C26H23NO8. The van der Waals surface area contributed by atoms with Crippen LogP contribution < -0.4 is 4.74 Å². The number of amides is 3. The molecule has 0 aromatic heterocycles. The zero-order chi connectivity index (χ0) is 25.2. The van der Waals surface area contributed by atoms with E-state index in [-0.39, 0.29) is 46.9 Å². The molecule has 3 aliphatic carbocycles. The largest absolute Gasteiger partial charge is 0.507 e. The summed E-state index contributed by atoms with van der Waals surface area (Å²) in [7, 11) is 2.53. The van der Waals surface area contributed by atoms with Crippen LogP contribution in [0.15, 0.2) is 52.6 Å². The third-order valence-electron chi connectivity index (χ3n) is 7.47. The van der Waals surface area contributed by atoms with Crippen LogP contribution in [0.2, 0.25) is 0 Å². The van der Waals surface area contributed by atoms with Crippen molar-refractivity contribution in [3.8, 4) is 11.5 Å². The molecule has 1 N–H and O–H groups in total. The molecule has 35 heavy (non-hydrogen) atoms. The van der Waals surface area contributed by atoms with Gasteiger partial charge in [-0.25, -0.2) is 4.79 Å². The lowest BCUT2D eigenvalue weighted by atomic mass is 9.59. The summed E-state index contributed by atoms with van der Waals surface area (Å²) in [5.41, 5.74) is 1.73. The van der Waals surface area contributed by atoms with Gasteiger partial charge in [0.1, 0.15) is 11.5 Å². The molecule has 0 radical (unpaired) electrons. The Morgan fingerprint density at radius 1 is 1.09 bits per heavy atom. The first kappa shape index (κ1) is 22.8. The number of allylic oxidation sites excluding steroid dienone is 6. The number of nitrogens with zero attached hydrogens (tertiary/aromatic N) is 1. The number of hydrogen-bond donors (Lipinski definition) is 1. The van der Waals surface area contributed by atoms with Crippen LogP contribution >= 0.6 is 0 Å². The zero-order valence-corrected chi connectivity index (χ0v) is 19.4. The highest BCUT2D eigenvalue weighted by Crippen LogP contribution is 2.57. The topological polar surface area (TPSA) is 127 Å². The Morgan fingerprint density at radius 2 is 1.83 bits per heavy atom. The lowest BCUT2D eigenvalue weighted by Crippen LogP contribution is -2.40. The van der Waals surface area contributed by atoms with E-state index >= 15 is 0 Å². The molecule has 1 saturated heterocycles. The van der Waals surface area contributed by atoms with Crippen molar-refractivity contribution in [1.82, 2.24) is 4.90 Å². The number of imide groups is 3. The first-order valence-corrected chi connectivity index (χ1v) is 11.2. The maximum absolute atomic E-state index is 13.3. The number of phenols is 1. The molecule has 180 valence electrons. The smallest absolute Gasteiger partial charge is 0.423 e. The van der Waals surface area contributed by atoms with Crippen molar-refractivity contribution >= 4 is 29.5 Å². The number of benzene rings is 1. The highest BCUT2D eigenvalue weighted by atomic mass is 16.5. The number of carbonyl (C=O) groups excluding carboxylic acids is 5. The van der Waals surface area contributed by atoms with E-state index in [2.05, 4.69) is 4.74 Å². The van der Waals surface area contributed by atoms with Crippen molar-refractivity contribution in [3.05, 3.63) is 58.2 Å². The van der Waals surface area contributed by atoms with Crippen molar-refractivity contribution in [3.63, 3.8) is 0 Å². The predicted octanol–water partition coefficient (Wildman–Crippen LogP) is 2.60. The Labute approximate surface area is 200 Å². The van der Waals surface area contributed by atoms with Crippen LogP contribution in [0.4, 0.5) is 4.79 Å². The number of methoxy groups -OCH3 is 2. The number of fused-ring (bicyclic) bond motifs is 3. The van der Waals surface area contributed by atoms with E-state index in [9.17, 15) is 29.1 Å². The highest BCUT2D eigenvalue weighted by Gasteiger charge is 2.58. The van der Waals surface area contributed by atoms with Gasteiger partial charge in [0.25, 0.3) is 0 Å². The minimum Gasteiger partial charge on any atom is -0.507 e. The Morgan fingerprint density at radius 3 is 2.51 bits per heavy atom. The Balaban J connectivity index is 1.73. The molecule has 1 aromatic rings. The molecule has 4 unspecified atom stereocenters. The van der Waals surface area contributed by atoms with Crippen LogP contribution in [0.1, 0.15) is 31.2 Å². The van der Waals surface area contributed by atoms with Crippen LogP contribution in [0, 0.1) is 17.8 Å². The number of phenolic OH excluding ortho intramolecular Hbond substituents is 1. The number of ether oxygens (including phenoxy) is 2. The van der Waals surface area contributed by atoms with Gasteiger partial charge >= 0.3 is 6.09 Å². The lowest BCUT2D eigenvalue weighted by Gasteiger charge is -2.42. The summed E-state index contributed by atoms with van der Waals surface area (Å²) in [6.45, 7) is 1.55. The second-order valence-corrected chi connectivity index (χ2v) is 9.10. The van der Waals surface area contributed by atoms with E-state index in [4.69, 9.17) is 4.74 Å². The SMILES string of the molecule is COC(=O)N1C(=O)C2CC=C3C(c4c(O)cccc4OC)C4=C(CC3C2C1=O)C(=O)C(C)=CC4=O. The van der Waals surface area contributed by atoms with Crippen LogP contribution in [-0.4, -0.2) is 53.7 Å². The van der Waals surface area contributed by atoms with Crippen molar-refractivity contribution in [2.45, 2.75) is 25.7 Å².